The molecule has 0 fully saturated rings. The number of pyridine rings is 1. The molecular weight excluding hydrogens is 222 g/mol. The van der Waals surface area contributed by atoms with Crippen molar-refractivity contribution in [1.82, 2.24) is 4.98 Å². The number of carbonyl (C=O) groups excluding carboxylic acids is 1. The van der Waals surface area contributed by atoms with Crippen molar-refractivity contribution in [3.63, 3.8) is 0 Å². The summed E-state index contributed by atoms with van der Waals surface area (Å²) in [6, 6.07) is 3.86. The van der Waals surface area contributed by atoms with Gasteiger partial charge in [-0.15, -0.1) is 0 Å². The lowest BCUT2D eigenvalue weighted by Gasteiger charge is -2.14. The molecule has 0 bridgehead atoms. The number of anilines is 1. The van der Waals surface area contributed by atoms with Crippen LogP contribution in [0.2, 0.25) is 0 Å². The predicted octanol–water partition coefficient (Wildman–Crippen LogP) is 1.73. The van der Waals surface area contributed by atoms with E-state index in [1.165, 1.54) is 0 Å². The number of primary amides is 1. The van der Waals surface area contributed by atoms with Crippen molar-refractivity contribution in [1.29, 1.82) is 0 Å². The molecule has 0 aromatic carbocycles. The SMILES string of the molecule is CCSCC(C)Nc1ccnc(C(N)=O)c1. The molecule has 0 aliphatic carbocycles. The van der Waals surface area contributed by atoms with Crippen LogP contribution in [0.4, 0.5) is 5.69 Å². The summed E-state index contributed by atoms with van der Waals surface area (Å²) < 4.78 is 0. The maximum Gasteiger partial charge on any atom is 0.267 e. The Bertz CT molecular complexity index is 357. The molecule has 1 rings (SSSR count). The van der Waals surface area contributed by atoms with Gasteiger partial charge in [0.05, 0.1) is 0 Å². The van der Waals surface area contributed by atoms with Gasteiger partial charge in [0.1, 0.15) is 5.69 Å². The standard InChI is InChI=1S/C11H17N3OS/c1-3-16-7-8(2)14-9-4-5-13-10(6-9)11(12)15/h4-6,8H,3,7H2,1-2H3,(H2,12,15)(H,13,14). The maximum atomic E-state index is 10.9. The summed E-state index contributed by atoms with van der Waals surface area (Å²) in [5, 5.41) is 3.30. The van der Waals surface area contributed by atoms with Gasteiger partial charge in [0.2, 0.25) is 0 Å². The van der Waals surface area contributed by atoms with Crippen LogP contribution < -0.4 is 11.1 Å². The first-order chi connectivity index (χ1) is 7.63. The Morgan fingerprint density at radius 2 is 2.44 bits per heavy atom. The van der Waals surface area contributed by atoms with Crippen LogP contribution in [0.5, 0.6) is 0 Å². The minimum atomic E-state index is -0.501. The number of rotatable bonds is 6. The highest BCUT2D eigenvalue weighted by molar-refractivity contribution is 7.99. The first-order valence-corrected chi connectivity index (χ1v) is 6.39. The van der Waals surface area contributed by atoms with E-state index in [2.05, 4.69) is 24.1 Å². The number of nitrogens with one attached hydrogen (secondary N) is 1. The number of carbonyl (C=O) groups is 1. The van der Waals surface area contributed by atoms with Crippen LogP contribution in [0.3, 0.4) is 0 Å². The zero-order valence-corrected chi connectivity index (χ0v) is 10.4. The van der Waals surface area contributed by atoms with Gasteiger partial charge < -0.3 is 11.1 Å². The Labute approximate surface area is 100 Å². The van der Waals surface area contributed by atoms with E-state index in [0.717, 1.165) is 17.2 Å². The summed E-state index contributed by atoms with van der Waals surface area (Å²) >= 11 is 1.88. The second-order valence-corrected chi connectivity index (χ2v) is 4.82. The fourth-order valence-corrected chi connectivity index (χ4v) is 1.95. The molecule has 88 valence electrons. The molecule has 3 N–H and O–H groups in total. The predicted molar refractivity (Wildman–Crippen MR) is 68.8 cm³/mol. The fraction of sp³-hybridized carbons (Fsp3) is 0.455. The molecule has 1 atom stereocenters. The molecule has 16 heavy (non-hydrogen) atoms. The normalized spacial score (nSPS) is 12.1. The molecule has 0 saturated heterocycles. The van der Waals surface area contributed by atoms with Gasteiger partial charge in [-0.25, -0.2) is 0 Å². The van der Waals surface area contributed by atoms with Gasteiger partial charge in [-0.2, -0.15) is 11.8 Å². The Morgan fingerprint density at radius 3 is 3.06 bits per heavy atom. The highest BCUT2D eigenvalue weighted by Gasteiger charge is 2.05. The quantitative estimate of drug-likeness (QED) is 0.793. The average molecular weight is 239 g/mol. The van der Waals surface area contributed by atoms with Crippen LogP contribution in [0.15, 0.2) is 18.3 Å². The van der Waals surface area contributed by atoms with Crippen molar-refractivity contribution in [2.45, 2.75) is 19.9 Å². The third-order valence-electron chi connectivity index (χ3n) is 2.00. The molecule has 0 saturated carbocycles. The highest BCUT2D eigenvalue weighted by Crippen LogP contribution is 2.11. The van der Waals surface area contributed by atoms with Crippen LogP contribution in [-0.2, 0) is 0 Å². The number of hydrogen-bond donors (Lipinski definition) is 2. The van der Waals surface area contributed by atoms with Crippen molar-refractivity contribution in [3.05, 3.63) is 24.0 Å². The second kappa shape index (κ2) is 6.37. The number of hydrogen-bond acceptors (Lipinski definition) is 4. The third-order valence-corrected chi connectivity index (χ3v) is 3.14. The van der Waals surface area contributed by atoms with Gasteiger partial charge in [0.25, 0.3) is 5.91 Å². The van der Waals surface area contributed by atoms with E-state index in [0.29, 0.717) is 11.7 Å². The van der Waals surface area contributed by atoms with E-state index < -0.39 is 5.91 Å². The Balaban J connectivity index is 2.59. The molecule has 1 aromatic heterocycles. The van der Waals surface area contributed by atoms with Crippen molar-refractivity contribution in [2.75, 3.05) is 16.8 Å². The summed E-state index contributed by atoms with van der Waals surface area (Å²) in [7, 11) is 0. The van der Waals surface area contributed by atoms with Crippen molar-refractivity contribution >= 4 is 23.4 Å². The zero-order chi connectivity index (χ0) is 12.0. The highest BCUT2D eigenvalue weighted by atomic mass is 32.2. The van der Waals surface area contributed by atoms with Gasteiger partial charge in [-0.05, 0) is 24.8 Å². The maximum absolute atomic E-state index is 10.9. The van der Waals surface area contributed by atoms with E-state index in [9.17, 15) is 4.79 Å². The Hall–Kier alpha value is -1.23. The minimum Gasteiger partial charge on any atom is -0.382 e. The molecule has 4 nitrogen and oxygen atoms in total. The van der Waals surface area contributed by atoms with E-state index in [1.54, 1.807) is 12.3 Å². The molecule has 1 heterocycles. The molecule has 0 radical (unpaired) electrons. The van der Waals surface area contributed by atoms with Crippen LogP contribution in [0, 0.1) is 0 Å². The minimum absolute atomic E-state index is 0.292. The molecule has 0 aliphatic heterocycles. The number of amides is 1. The molecular formula is C11H17N3OS. The number of nitrogens with two attached hydrogens (primary N) is 1. The largest absolute Gasteiger partial charge is 0.382 e. The summed E-state index contributed by atoms with van der Waals surface area (Å²) in [5.74, 6) is 1.64. The molecule has 0 spiro atoms. The molecule has 5 heteroatoms. The fourth-order valence-electron chi connectivity index (χ4n) is 1.28. The van der Waals surface area contributed by atoms with Crippen LogP contribution in [-0.4, -0.2) is 28.4 Å². The summed E-state index contributed by atoms with van der Waals surface area (Å²) in [5.41, 5.74) is 6.33. The summed E-state index contributed by atoms with van der Waals surface area (Å²) in [6.07, 6.45) is 1.59. The lowest BCUT2D eigenvalue weighted by Crippen LogP contribution is -2.19. The Kier molecular flexibility index (Phi) is 5.11. The van der Waals surface area contributed by atoms with Crippen molar-refractivity contribution < 1.29 is 4.79 Å². The van der Waals surface area contributed by atoms with Crippen LogP contribution in [0.25, 0.3) is 0 Å². The van der Waals surface area contributed by atoms with Gasteiger partial charge in [-0.1, -0.05) is 6.92 Å². The zero-order valence-electron chi connectivity index (χ0n) is 9.56. The molecule has 0 aliphatic rings. The summed E-state index contributed by atoms with van der Waals surface area (Å²) in [6.45, 7) is 4.24. The van der Waals surface area contributed by atoms with Crippen molar-refractivity contribution in [2.24, 2.45) is 5.73 Å². The first-order valence-electron chi connectivity index (χ1n) is 5.23. The van der Waals surface area contributed by atoms with Gasteiger partial charge in [0.15, 0.2) is 0 Å². The first kappa shape index (κ1) is 12.8. The third kappa shape index (κ3) is 4.10. The molecule has 1 amide bonds. The van der Waals surface area contributed by atoms with Crippen molar-refractivity contribution in [3.8, 4) is 0 Å². The van der Waals surface area contributed by atoms with E-state index in [4.69, 9.17) is 5.73 Å². The number of aromatic nitrogens is 1. The van der Waals surface area contributed by atoms with E-state index in [1.807, 2.05) is 17.8 Å². The average Bonchev–Trinajstić information content (AvgIpc) is 2.26. The Morgan fingerprint density at radius 1 is 1.69 bits per heavy atom. The molecule has 1 aromatic rings. The lowest BCUT2D eigenvalue weighted by atomic mass is 10.3. The lowest BCUT2D eigenvalue weighted by molar-refractivity contribution is 0.0995. The monoisotopic (exact) mass is 239 g/mol. The van der Waals surface area contributed by atoms with Gasteiger partial charge in [0, 0.05) is 23.7 Å². The number of nitrogens with zero attached hydrogens (tertiary/aromatic N) is 1. The number of thioether (sulfide) groups is 1. The summed E-state index contributed by atoms with van der Waals surface area (Å²) in [4.78, 5) is 14.8. The van der Waals surface area contributed by atoms with Crippen LogP contribution in [0.1, 0.15) is 24.3 Å². The van der Waals surface area contributed by atoms with Crippen LogP contribution >= 0.6 is 11.8 Å². The van der Waals surface area contributed by atoms with E-state index >= 15 is 0 Å². The molecule has 1 unspecified atom stereocenters. The van der Waals surface area contributed by atoms with Gasteiger partial charge >= 0.3 is 0 Å². The van der Waals surface area contributed by atoms with E-state index in [-0.39, 0.29) is 0 Å². The topological polar surface area (TPSA) is 68.0 Å². The van der Waals surface area contributed by atoms with Gasteiger partial charge in [-0.3, -0.25) is 9.78 Å². The smallest absolute Gasteiger partial charge is 0.267 e. The second-order valence-electron chi connectivity index (χ2n) is 3.50.